The summed E-state index contributed by atoms with van der Waals surface area (Å²) >= 11 is 0. The molecule has 1 aliphatic rings. The second kappa shape index (κ2) is 1.71. The van der Waals surface area contributed by atoms with Crippen LogP contribution in [0.1, 0.15) is 6.92 Å². The van der Waals surface area contributed by atoms with E-state index in [1.54, 1.807) is 6.92 Å². The van der Waals surface area contributed by atoms with Gasteiger partial charge in [-0.25, -0.2) is 0 Å². The first-order chi connectivity index (χ1) is 3.72. The van der Waals surface area contributed by atoms with Gasteiger partial charge in [-0.05, 0) is 6.92 Å². The van der Waals surface area contributed by atoms with Crippen molar-refractivity contribution in [1.29, 1.82) is 0 Å². The molecule has 0 fully saturated rings. The molecule has 0 bridgehead atoms. The predicted octanol–water partition coefficient (Wildman–Crippen LogP) is 0.0887. The van der Waals surface area contributed by atoms with Crippen molar-refractivity contribution in [2.75, 3.05) is 0 Å². The minimum Gasteiger partial charge on any atom is -0.322 e. The number of rotatable bonds is 2. The molecule has 0 radical (unpaired) electrons. The van der Waals surface area contributed by atoms with E-state index < -0.39 is 0 Å². The van der Waals surface area contributed by atoms with E-state index in [1.165, 1.54) is 0 Å². The van der Waals surface area contributed by atoms with Crippen LogP contribution in [0.15, 0.2) is 12.2 Å². The van der Waals surface area contributed by atoms with Crippen molar-refractivity contribution in [3.05, 3.63) is 12.2 Å². The van der Waals surface area contributed by atoms with Gasteiger partial charge < -0.3 is 5.73 Å². The average molecular weight is 111 g/mol. The molecule has 0 aromatic heterocycles. The normalized spacial score (nSPS) is 20.8. The maximum absolute atomic E-state index is 10.7. The Morgan fingerprint density at radius 1 is 1.75 bits per heavy atom. The molecule has 0 spiro atoms. The van der Waals surface area contributed by atoms with Crippen molar-refractivity contribution in [3.8, 4) is 0 Å². The molecule has 0 unspecified atom stereocenters. The fourth-order valence-corrected chi connectivity index (χ4v) is 0.549. The van der Waals surface area contributed by atoms with Crippen molar-refractivity contribution in [2.24, 2.45) is 11.7 Å². The van der Waals surface area contributed by atoms with E-state index in [9.17, 15) is 4.79 Å². The Labute approximate surface area is 48.4 Å². The summed E-state index contributed by atoms with van der Waals surface area (Å²) in [5.41, 5.74) is 5.29. The summed E-state index contributed by atoms with van der Waals surface area (Å²) in [7, 11) is 0. The van der Waals surface area contributed by atoms with Gasteiger partial charge in [0, 0.05) is 0 Å². The van der Waals surface area contributed by atoms with Crippen LogP contribution in [0.2, 0.25) is 0 Å². The van der Waals surface area contributed by atoms with Crippen molar-refractivity contribution >= 4 is 5.78 Å². The van der Waals surface area contributed by atoms with E-state index in [1.807, 2.05) is 12.2 Å². The molecule has 2 N–H and O–H groups in total. The maximum atomic E-state index is 10.7. The van der Waals surface area contributed by atoms with Gasteiger partial charge in [-0.2, -0.15) is 0 Å². The molecule has 1 aliphatic carbocycles. The number of ketones is 1. The molecule has 0 saturated carbocycles. The van der Waals surface area contributed by atoms with Crippen LogP contribution < -0.4 is 5.73 Å². The number of Topliss-reactive ketones (excluding diaryl/α,β-unsaturated/α-hetero) is 1. The topological polar surface area (TPSA) is 43.1 Å². The molecule has 0 saturated heterocycles. The quantitative estimate of drug-likeness (QED) is 0.513. The van der Waals surface area contributed by atoms with Crippen LogP contribution in [0.5, 0.6) is 0 Å². The van der Waals surface area contributed by atoms with E-state index in [0.29, 0.717) is 0 Å². The molecule has 2 nitrogen and oxygen atoms in total. The second-order valence-corrected chi connectivity index (χ2v) is 2.10. The van der Waals surface area contributed by atoms with Crippen LogP contribution in [0.25, 0.3) is 0 Å². The lowest BCUT2D eigenvalue weighted by molar-refractivity contribution is -0.120. The molecule has 1 rings (SSSR count). The lowest BCUT2D eigenvalue weighted by Gasteiger charge is -1.99. The fourth-order valence-electron chi connectivity index (χ4n) is 0.549. The Morgan fingerprint density at radius 3 is 2.38 bits per heavy atom. The van der Waals surface area contributed by atoms with Gasteiger partial charge in [-0.3, -0.25) is 4.79 Å². The second-order valence-electron chi connectivity index (χ2n) is 2.10. The van der Waals surface area contributed by atoms with E-state index >= 15 is 0 Å². The van der Waals surface area contributed by atoms with Gasteiger partial charge >= 0.3 is 0 Å². The zero-order chi connectivity index (χ0) is 6.15. The molecule has 0 aromatic rings. The minimum absolute atomic E-state index is 0.0787. The minimum atomic E-state index is -0.296. The van der Waals surface area contributed by atoms with Gasteiger partial charge in [0.25, 0.3) is 0 Å². The molecule has 44 valence electrons. The summed E-state index contributed by atoms with van der Waals surface area (Å²) in [6.07, 6.45) is 3.71. The number of hydrogen-bond donors (Lipinski definition) is 1. The highest BCUT2D eigenvalue weighted by atomic mass is 16.1. The van der Waals surface area contributed by atoms with Crippen LogP contribution in [-0.4, -0.2) is 11.8 Å². The number of nitrogens with two attached hydrogens (primary N) is 1. The summed E-state index contributed by atoms with van der Waals surface area (Å²) in [5, 5.41) is 0. The molecule has 0 heterocycles. The highest BCUT2D eigenvalue weighted by Gasteiger charge is 2.22. The van der Waals surface area contributed by atoms with Gasteiger partial charge in [0.1, 0.15) is 0 Å². The SMILES string of the molecule is C[C@H](N)C(=O)C1C=C1. The van der Waals surface area contributed by atoms with Crippen LogP contribution in [-0.2, 0) is 4.79 Å². The smallest absolute Gasteiger partial charge is 0.159 e. The van der Waals surface area contributed by atoms with E-state index in [-0.39, 0.29) is 17.7 Å². The first-order valence-electron chi connectivity index (χ1n) is 2.69. The largest absolute Gasteiger partial charge is 0.322 e. The third kappa shape index (κ3) is 0.954. The van der Waals surface area contributed by atoms with Crippen molar-refractivity contribution in [1.82, 2.24) is 0 Å². The molecule has 0 aromatic carbocycles. The van der Waals surface area contributed by atoms with Gasteiger partial charge in [-0.15, -0.1) is 0 Å². The summed E-state index contributed by atoms with van der Waals surface area (Å²) in [4.78, 5) is 10.7. The van der Waals surface area contributed by atoms with Crippen molar-refractivity contribution in [3.63, 3.8) is 0 Å². The number of carbonyl (C=O) groups is 1. The Morgan fingerprint density at radius 2 is 2.25 bits per heavy atom. The average Bonchev–Trinajstić information content (AvgIpc) is 2.43. The van der Waals surface area contributed by atoms with Crippen LogP contribution in [0.3, 0.4) is 0 Å². The Bertz CT molecular complexity index is 127. The van der Waals surface area contributed by atoms with Gasteiger partial charge in [0.05, 0.1) is 12.0 Å². The summed E-state index contributed by atoms with van der Waals surface area (Å²) in [5.74, 6) is 0.208. The summed E-state index contributed by atoms with van der Waals surface area (Å²) in [6, 6.07) is -0.296. The highest BCUT2D eigenvalue weighted by Crippen LogP contribution is 2.17. The first kappa shape index (κ1) is 5.51. The fraction of sp³-hybridized carbons (Fsp3) is 0.500. The maximum Gasteiger partial charge on any atom is 0.159 e. The third-order valence-electron chi connectivity index (χ3n) is 1.16. The molecule has 0 amide bonds. The van der Waals surface area contributed by atoms with E-state index in [0.717, 1.165) is 0 Å². The number of allylic oxidation sites excluding steroid dienone is 2. The summed E-state index contributed by atoms with van der Waals surface area (Å²) < 4.78 is 0. The van der Waals surface area contributed by atoms with Crippen molar-refractivity contribution in [2.45, 2.75) is 13.0 Å². The number of hydrogen-bond acceptors (Lipinski definition) is 2. The number of carbonyl (C=O) groups excluding carboxylic acids is 1. The molecular formula is C6H9NO. The lowest BCUT2D eigenvalue weighted by Crippen LogP contribution is -2.28. The Balaban J connectivity index is 2.34. The Hall–Kier alpha value is -0.630. The van der Waals surface area contributed by atoms with Crippen LogP contribution in [0.4, 0.5) is 0 Å². The predicted molar refractivity (Wildman–Crippen MR) is 31.3 cm³/mol. The molecule has 8 heavy (non-hydrogen) atoms. The molecule has 0 aliphatic heterocycles. The lowest BCUT2D eigenvalue weighted by atomic mass is 10.1. The van der Waals surface area contributed by atoms with Gasteiger partial charge in [0.15, 0.2) is 5.78 Å². The first-order valence-corrected chi connectivity index (χ1v) is 2.69. The Kier molecular flexibility index (Phi) is 1.18. The summed E-state index contributed by atoms with van der Waals surface area (Å²) in [6.45, 7) is 1.71. The monoisotopic (exact) mass is 111 g/mol. The van der Waals surface area contributed by atoms with Crippen LogP contribution in [0, 0.1) is 5.92 Å². The van der Waals surface area contributed by atoms with Gasteiger partial charge in [-0.1, -0.05) is 12.2 Å². The van der Waals surface area contributed by atoms with Gasteiger partial charge in [0.2, 0.25) is 0 Å². The molecule has 1 atom stereocenters. The van der Waals surface area contributed by atoms with E-state index in [4.69, 9.17) is 5.73 Å². The zero-order valence-electron chi connectivity index (χ0n) is 4.79. The van der Waals surface area contributed by atoms with Crippen molar-refractivity contribution < 1.29 is 4.79 Å². The molecule has 2 heteroatoms. The zero-order valence-corrected chi connectivity index (χ0v) is 4.79. The van der Waals surface area contributed by atoms with Crippen LogP contribution >= 0.6 is 0 Å². The van der Waals surface area contributed by atoms with E-state index in [2.05, 4.69) is 0 Å². The highest BCUT2D eigenvalue weighted by molar-refractivity contribution is 5.91. The standard InChI is InChI=1S/C6H9NO/c1-4(7)6(8)5-2-3-5/h2-5H,7H2,1H3/t4-/m0/s1. The molecular weight excluding hydrogens is 102 g/mol. The third-order valence-corrected chi connectivity index (χ3v) is 1.16.